The van der Waals surface area contributed by atoms with E-state index in [4.69, 9.17) is 23.2 Å². The Labute approximate surface area is 194 Å². The maximum Gasteiger partial charge on any atom is 0.220 e. The van der Waals surface area contributed by atoms with E-state index in [1.165, 1.54) is 0 Å². The summed E-state index contributed by atoms with van der Waals surface area (Å²) in [7, 11) is -2.40. The van der Waals surface area contributed by atoms with Gasteiger partial charge in [-0.3, -0.25) is 4.79 Å². The van der Waals surface area contributed by atoms with E-state index < -0.39 is 8.32 Å². The molecule has 31 heavy (non-hydrogen) atoms. The van der Waals surface area contributed by atoms with Gasteiger partial charge in [-0.05, 0) is 73.3 Å². The Balaban J connectivity index is 1.91. The van der Waals surface area contributed by atoms with Gasteiger partial charge in [0.1, 0.15) is 0 Å². The number of hydrogen-bond acceptors (Lipinski definition) is 2. The minimum absolute atomic E-state index is 0.0951. The van der Waals surface area contributed by atoms with Crippen LogP contribution in [0.15, 0.2) is 36.4 Å². The molecule has 2 heterocycles. The van der Waals surface area contributed by atoms with Crippen LogP contribution in [0, 0.1) is 5.92 Å². The Morgan fingerprint density at radius 2 is 1.65 bits per heavy atom. The third-order valence-corrected chi connectivity index (χ3v) is 11.2. The lowest BCUT2D eigenvalue weighted by Crippen LogP contribution is -2.42. The summed E-state index contributed by atoms with van der Waals surface area (Å²) in [5.41, 5.74) is 2.20. The summed E-state index contributed by atoms with van der Waals surface area (Å²) in [6.07, 6.45) is 2.09. The average molecular weight is 478 g/mol. The Hall–Kier alpha value is -1.53. The number of nitrogens with zero attached hydrogens (tertiary/aromatic N) is 1. The van der Waals surface area contributed by atoms with E-state index in [-0.39, 0.29) is 22.9 Å². The molecular formula is C24H30Cl2N2O2Si. The zero-order chi connectivity index (χ0) is 22.6. The molecule has 1 aromatic heterocycles. The van der Waals surface area contributed by atoms with Gasteiger partial charge >= 0.3 is 0 Å². The van der Waals surface area contributed by atoms with Gasteiger partial charge in [0.2, 0.25) is 5.91 Å². The van der Waals surface area contributed by atoms with Gasteiger partial charge < -0.3 is 14.7 Å². The van der Waals surface area contributed by atoms with Crippen molar-refractivity contribution in [1.82, 2.24) is 9.88 Å². The number of carbonyl (C=O) groups is 1. The number of fused-ring (bicyclic) bond motifs is 3. The first kappa shape index (κ1) is 22.7. The maximum absolute atomic E-state index is 12.3. The van der Waals surface area contributed by atoms with Gasteiger partial charge in [-0.15, -0.1) is 0 Å². The molecule has 1 aliphatic heterocycles. The van der Waals surface area contributed by atoms with Crippen molar-refractivity contribution in [3.8, 4) is 0 Å². The summed E-state index contributed by atoms with van der Waals surface area (Å²) < 4.78 is 2.38. The highest BCUT2D eigenvalue weighted by Crippen LogP contribution is 2.47. The molecule has 0 aliphatic carbocycles. The molecule has 4 nitrogen and oxygen atoms in total. The Morgan fingerprint density at radius 1 is 1.10 bits per heavy atom. The van der Waals surface area contributed by atoms with E-state index in [1.54, 1.807) is 0 Å². The predicted octanol–water partition coefficient (Wildman–Crippen LogP) is 6.54. The molecule has 7 heteroatoms. The second-order valence-corrected chi connectivity index (χ2v) is 15.4. The fourth-order valence-electron chi connectivity index (χ4n) is 4.79. The molecule has 0 saturated carbocycles. The molecule has 2 atom stereocenters. The van der Waals surface area contributed by atoms with Crippen molar-refractivity contribution in [2.75, 3.05) is 6.54 Å². The van der Waals surface area contributed by atoms with Gasteiger partial charge in [-0.1, -0.05) is 37.0 Å². The lowest BCUT2D eigenvalue weighted by molar-refractivity contribution is -0.120. The topological polar surface area (TPSA) is 54.3 Å². The molecule has 1 aliphatic rings. The van der Waals surface area contributed by atoms with Crippen LogP contribution in [0.2, 0.25) is 28.2 Å². The van der Waals surface area contributed by atoms with Crippen molar-refractivity contribution >= 4 is 59.2 Å². The summed E-state index contributed by atoms with van der Waals surface area (Å²) in [6.45, 7) is 8.94. The van der Waals surface area contributed by atoms with Crippen molar-refractivity contribution in [2.45, 2.75) is 57.3 Å². The largest absolute Gasteiger partial charge is 0.432 e. The third kappa shape index (κ3) is 4.25. The summed E-state index contributed by atoms with van der Waals surface area (Å²) >= 11 is 12.7. The highest BCUT2D eigenvalue weighted by molar-refractivity contribution is 6.72. The molecule has 0 spiro atoms. The molecule has 2 N–H and O–H groups in total. The molecule has 1 saturated heterocycles. The van der Waals surface area contributed by atoms with E-state index in [9.17, 15) is 9.59 Å². The molecule has 2 aromatic carbocycles. The van der Waals surface area contributed by atoms with Gasteiger partial charge in [-0.25, -0.2) is 0 Å². The average Bonchev–Trinajstić information content (AvgIpc) is 2.86. The summed E-state index contributed by atoms with van der Waals surface area (Å²) in [5, 5.41) is 6.45. The fourth-order valence-corrected chi connectivity index (χ4v) is 5.90. The molecule has 3 aromatic rings. The lowest BCUT2D eigenvalue weighted by atomic mass is 9.87. The number of carbonyl (C=O) groups excluding carboxylic acids is 1. The number of benzene rings is 2. The molecular weight excluding hydrogens is 447 g/mol. The van der Waals surface area contributed by atoms with Crippen LogP contribution in [0.3, 0.4) is 0 Å². The van der Waals surface area contributed by atoms with E-state index in [0.717, 1.165) is 34.6 Å². The van der Waals surface area contributed by atoms with Crippen molar-refractivity contribution in [1.29, 1.82) is 0 Å². The van der Waals surface area contributed by atoms with E-state index in [2.05, 4.69) is 35.9 Å². The third-order valence-electron chi connectivity index (χ3n) is 7.26. The smallest absolute Gasteiger partial charge is 0.220 e. The molecule has 1 fully saturated rings. The minimum atomic E-state index is -2.40. The highest BCUT2D eigenvalue weighted by atomic mass is 35.5. The van der Waals surface area contributed by atoms with Gasteiger partial charge in [0.15, 0.2) is 8.32 Å². The van der Waals surface area contributed by atoms with E-state index in [0.29, 0.717) is 23.0 Å². The van der Waals surface area contributed by atoms with Crippen molar-refractivity contribution in [3.63, 3.8) is 0 Å². The zero-order valence-corrected chi connectivity index (χ0v) is 21.0. The van der Waals surface area contributed by atoms with Crippen molar-refractivity contribution in [3.05, 3.63) is 46.4 Å². The summed E-state index contributed by atoms with van der Waals surface area (Å²) in [5.74, 6) is 0.295. The Bertz CT molecular complexity index is 1090. The standard InChI is InChI=1S/C24H30Cl2N2O2Si/c1-24(2,31(3,4)30)13-15-14-27-23(29)10-9-20(15)28-21-7-5-16(25)11-18(21)19-12-17(26)6-8-22(19)28/h5-8,11-12,15,20,30H,9-10,13-14H2,1-4H3,(H,27,29)/t15-,20-/m1/s1. The van der Waals surface area contributed by atoms with Crippen LogP contribution in [0.4, 0.5) is 0 Å². The normalized spacial score (nSPS) is 20.8. The zero-order valence-electron chi connectivity index (χ0n) is 18.5. The number of rotatable bonds is 4. The molecule has 0 radical (unpaired) electrons. The highest BCUT2D eigenvalue weighted by Gasteiger charge is 2.42. The number of aromatic nitrogens is 1. The molecule has 166 valence electrons. The first-order valence-electron chi connectivity index (χ1n) is 10.9. The quantitative estimate of drug-likeness (QED) is 0.420. The molecule has 0 unspecified atom stereocenters. The van der Waals surface area contributed by atoms with Gasteiger partial charge in [0.05, 0.1) is 0 Å². The lowest BCUT2D eigenvalue weighted by Gasteiger charge is -2.40. The number of halogens is 2. The second kappa shape index (κ2) is 8.11. The minimum Gasteiger partial charge on any atom is -0.432 e. The molecule has 0 bridgehead atoms. The first-order valence-corrected chi connectivity index (χ1v) is 14.6. The van der Waals surface area contributed by atoms with Crippen LogP contribution >= 0.6 is 23.2 Å². The molecule has 1 amide bonds. The summed E-state index contributed by atoms with van der Waals surface area (Å²) in [4.78, 5) is 23.3. The van der Waals surface area contributed by atoms with Crippen LogP contribution in [0.1, 0.15) is 39.2 Å². The van der Waals surface area contributed by atoms with Crippen molar-refractivity contribution in [2.24, 2.45) is 5.92 Å². The van der Waals surface area contributed by atoms with Crippen LogP contribution in [-0.2, 0) is 4.79 Å². The number of hydrogen-bond donors (Lipinski definition) is 2. The van der Waals surface area contributed by atoms with Crippen LogP contribution in [0.25, 0.3) is 21.8 Å². The fraction of sp³-hybridized carbons (Fsp3) is 0.458. The summed E-state index contributed by atoms with van der Waals surface area (Å²) in [6, 6.07) is 12.1. The van der Waals surface area contributed by atoms with Gasteiger partial charge in [-0.2, -0.15) is 0 Å². The van der Waals surface area contributed by atoms with Crippen LogP contribution < -0.4 is 5.32 Å². The molecule has 4 rings (SSSR count). The SMILES string of the molecule is CC(C)(C[C@@H]1CNC(=O)CC[C@H]1n1c2ccc(Cl)cc2c2cc(Cl)ccc21)[Si](C)(C)O. The van der Waals surface area contributed by atoms with Crippen LogP contribution in [0.5, 0.6) is 0 Å². The van der Waals surface area contributed by atoms with Crippen molar-refractivity contribution < 1.29 is 9.59 Å². The number of amides is 1. The predicted molar refractivity (Wildman–Crippen MR) is 133 cm³/mol. The van der Waals surface area contributed by atoms with Gasteiger partial charge in [0.25, 0.3) is 0 Å². The van der Waals surface area contributed by atoms with E-state index in [1.807, 2.05) is 37.4 Å². The maximum atomic E-state index is 12.3. The van der Waals surface area contributed by atoms with E-state index >= 15 is 0 Å². The first-order chi connectivity index (χ1) is 14.5. The Kier molecular flexibility index (Phi) is 5.92. The Morgan fingerprint density at radius 3 is 2.16 bits per heavy atom. The monoisotopic (exact) mass is 476 g/mol. The van der Waals surface area contributed by atoms with Crippen LogP contribution in [-0.4, -0.2) is 30.1 Å². The van der Waals surface area contributed by atoms with Gasteiger partial charge in [0, 0.05) is 50.9 Å². The second-order valence-electron chi connectivity index (χ2n) is 10.0. The number of nitrogens with one attached hydrogen (secondary N) is 1.